The van der Waals surface area contributed by atoms with Crippen LogP contribution in [0.5, 0.6) is 0 Å². The van der Waals surface area contributed by atoms with Gasteiger partial charge in [-0.05, 0) is 22.6 Å². The topological polar surface area (TPSA) is 34.1 Å². The van der Waals surface area contributed by atoms with Crippen molar-refractivity contribution in [2.24, 2.45) is 0 Å². The van der Waals surface area contributed by atoms with Crippen LogP contribution in [0.2, 0.25) is 0 Å². The Morgan fingerprint density at radius 1 is 1.05 bits per heavy atom. The van der Waals surface area contributed by atoms with Gasteiger partial charge in [-0.2, -0.15) is 0 Å². The number of benzene rings is 2. The summed E-state index contributed by atoms with van der Waals surface area (Å²) < 4.78 is 0. The minimum absolute atomic E-state index is 0.0536. The largest absolute Gasteiger partial charge is 0.303 e. The van der Waals surface area contributed by atoms with Gasteiger partial charge in [-0.3, -0.25) is 4.79 Å². The van der Waals surface area contributed by atoms with Crippen molar-refractivity contribution >= 4 is 12.1 Å². The SMILES string of the molecule is CC(C)c1ccccc1-c1ccc(C(=O)CC=O)cc1. The zero-order valence-corrected chi connectivity index (χ0v) is 11.8. The summed E-state index contributed by atoms with van der Waals surface area (Å²) >= 11 is 0. The molecule has 0 radical (unpaired) electrons. The number of aldehydes is 1. The summed E-state index contributed by atoms with van der Waals surface area (Å²) in [5, 5.41) is 0. The Morgan fingerprint density at radius 3 is 2.30 bits per heavy atom. The second-order valence-electron chi connectivity index (χ2n) is 5.11. The molecule has 20 heavy (non-hydrogen) atoms. The first kappa shape index (κ1) is 14.2. The van der Waals surface area contributed by atoms with Crippen LogP contribution in [0, 0.1) is 0 Å². The number of carbonyl (C=O) groups excluding carboxylic acids is 2. The fraction of sp³-hybridized carbons (Fsp3) is 0.222. The van der Waals surface area contributed by atoms with Crippen LogP contribution >= 0.6 is 0 Å². The van der Waals surface area contributed by atoms with Crippen LogP contribution in [0.4, 0.5) is 0 Å². The van der Waals surface area contributed by atoms with Crippen molar-refractivity contribution in [3.8, 4) is 11.1 Å². The summed E-state index contributed by atoms with van der Waals surface area (Å²) in [5.74, 6) is 0.311. The Bertz CT molecular complexity index is 610. The average molecular weight is 266 g/mol. The summed E-state index contributed by atoms with van der Waals surface area (Å²) in [6, 6.07) is 15.8. The van der Waals surface area contributed by atoms with E-state index in [1.54, 1.807) is 12.1 Å². The Kier molecular flexibility index (Phi) is 4.46. The highest BCUT2D eigenvalue weighted by Crippen LogP contribution is 2.29. The molecule has 0 unspecified atom stereocenters. The molecule has 2 heteroatoms. The maximum Gasteiger partial charge on any atom is 0.169 e. The molecule has 0 atom stereocenters. The van der Waals surface area contributed by atoms with E-state index in [0.717, 1.165) is 5.56 Å². The van der Waals surface area contributed by atoms with Gasteiger partial charge in [0.2, 0.25) is 0 Å². The van der Waals surface area contributed by atoms with Gasteiger partial charge in [-0.15, -0.1) is 0 Å². The molecule has 0 bridgehead atoms. The van der Waals surface area contributed by atoms with Crippen molar-refractivity contribution in [2.75, 3.05) is 0 Å². The van der Waals surface area contributed by atoms with Gasteiger partial charge >= 0.3 is 0 Å². The van der Waals surface area contributed by atoms with Crippen LogP contribution in [-0.4, -0.2) is 12.1 Å². The monoisotopic (exact) mass is 266 g/mol. The second kappa shape index (κ2) is 6.29. The number of Topliss-reactive ketones (excluding diaryl/α,β-unsaturated/α-hetero) is 1. The molecule has 0 aliphatic carbocycles. The van der Waals surface area contributed by atoms with Crippen LogP contribution in [-0.2, 0) is 4.79 Å². The van der Waals surface area contributed by atoms with Crippen molar-refractivity contribution in [1.82, 2.24) is 0 Å². The van der Waals surface area contributed by atoms with E-state index in [9.17, 15) is 9.59 Å². The lowest BCUT2D eigenvalue weighted by atomic mass is 9.92. The molecule has 102 valence electrons. The minimum atomic E-state index is -0.135. The molecule has 2 rings (SSSR count). The van der Waals surface area contributed by atoms with Crippen LogP contribution in [0.15, 0.2) is 48.5 Å². The first-order valence-electron chi connectivity index (χ1n) is 6.79. The summed E-state index contributed by atoms with van der Waals surface area (Å²) in [6.45, 7) is 4.33. The summed E-state index contributed by atoms with van der Waals surface area (Å²) in [4.78, 5) is 22.0. The zero-order valence-electron chi connectivity index (χ0n) is 11.8. The Labute approximate surface area is 119 Å². The molecule has 0 aliphatic heterocycles. The van der Waals surface area contributed by atoms with Gasteiger partial charge in [0.1, 0.15) is 6.29 Å². The highest BCUT2D eigenvalue weighted by molar-refractivity contribution is 6.02. The molecule has 0 amide bonds. The van der Waals surface area contributed by atoms with Crippen LogP contribution in [0.25, 0.3) is 11.1 Å². The second-order valence-corrected chi connectivity index (χ2v) is 5.11. The van der Waals surface area contributed by atoms with Gasteiger partial charge in [-0.1, -0.05) is 62.4 Å². The molecule has 0 saturated heterocycles. The number of hydrogen-bond donors (Lipinski definition) is 0. The zero-order chi connectivity index (χ0) is 14.5. The van der Waals surface area contributed by atoms with Gasteiger partial charge in [-0.25, -0.2) is 0 Å². The summed E-state index contributed by atoms with van der Waals surface area (Å²) in [7, 11) is 0. The lowest BCUT2D eigenvalue weighted by Gasteiger charge is -2.13. The molecule has 0 N–H and O–H groups in total. The molecule has 2 aromatic carbocycles. The van der Waals surface area contributed by atoms with Crippen LogP contribution < -0.4 is 0 Å². The Hall–Kier alpha value is -2.22. The van der Waals surface area contributed by atoms with Gasteiger partial charge in [0, 0.05) is 5.56 Å². The highest BCUT2D eigenvalue weighted by Gasteiger charge is 2.09. The van der Waals surface area contributed by atoms with E-state index in [4.69, 9.17) is 0 Å². The molecule has 0 saturated carbocycles. The fourth-order valence-corrected chi connectivity index (χ4v) is 2.29. The average Bonchev–Trinajstić information content (AvgIpc) is 2.47. The van der Waals surface area contributed by atoms with Crippen molar-refractivity contribution in [2.45, 2.75) is 26.2 Å². The smallest absolute Gasteiger partial charge is 0.169 e. The van der Waals surface area contributed by atoms with Crippen molar-refractivity contribution < 1.29 is 9.59 Å². The van der Waals surface area contributed by atoms with E-state index < -0.39 is 0 Å². The summed E-state index contributed by atoms with van der Waals surface area (Å²) in [5.41, 5.74) is 4.16. The van der Waals surface area contributed by atoms with E-state index in [2.05, 4.69) is 26.0 Å². The predicted molar refractivity (Wildman–Crippen MR) is 81.0 cm³/mol. The molecule has 0 aliphatic rings. The van der Waals surface area contributed by atoms with Gasteiger partial charge in [0.25, 0.3) is 0 Å². The van der Waals surface area contributed by atoms with E-state index in [1.807, 2.05) is 24.3 Å². The molecule has 0 aromatic heterocycles. The standard InChI is InChI=1S/C18H18O2/c1-13(2)16-5-3-4-6-17(16)14-7-9-15(10-8-14)18(20)11-12-19/h3-10,12-13H,11H2,1-2H3. The summed E-state index contributed by atoms with van der Waals surface area (Å²) in [6.07, 6.45) is 0.590. The maximum absolute atomic E-state index is 11.6. The van der Waals surface area contributed by atoms with Gasteiger partial charge < -0.3 is 4.79 Å². The normalized spacial score (nSPS) is 10.6. The quantitative estimate of drug-likeness (QED) is 0.460. The lowest BCUT2D eigenvalue weighted by Crippen LogP contribution is -1.99. The first-order chi connectivity index (χ1) is 9.63. The third-order valence-electron chi connectivity index (χ3n) is 3.37. The molecule has 2 aromatic rings. The minimum Gasteiger partial charge on any atom is -0.303 e. The van der Waals surface area contributed by atoms with E-state index in [1.165, 1.54) is 11.1 Å². The maximum atomic E-state index is 11.6. The molecular weight excluding hydrogens is 248 g/mol. The van der Waals surface area contributed by atoms with Crippen molar-refractivity contribution in [3.05, 3.63) is 59.7 Å². The van der Waals surface area contributed by atoms with Gasteiger partial charge in [0.05, 0.1) is 6.42 Å². The predicted octanol–water partition coefficient (Wildman–Crippen LogP) is 4.25. The van der Waals surface area contributed by atoms with E-state index in [-0.39, 0.29) is 12.2 Å². The number of carbonyl (C=O) groups is 2. The third-order valence-corrected chi connectivity index (χ3v) is 3.37. The van der Waals surface area contributed by atoms with E-state index in [0.29, 0.717) is 17.8 Å². The lowest BCUT2D eigenvalue weighted by molar-refractivity contribution is -0.107. The van der Waals surface area contributed by atoms with Gasteiger partial charge in [0.15, 0.2) is 5.78 Å². The molecule has 0 spiro atoms. The Morgan fingerprint density at radius 2 is 1.70 bits per heavy atom. The number of rotatable bonds is 5. The highest BCUT2D eigenvalue weighted by atomic mass is 16.1. The van der Waals surface area contributed by atoms with E-state index >= 15 is 0 Å². The molecule has 2 nitrogen and oxygen atoms in total. The molecular formula is C18H18O2. The van der Waals surface area contributed by atoms with Crippen LogP contribution in [0.1, 0.15) is 42.1 Å². The Balaban J connectivity index is 2.35. The third kappa shape index (κ3) is 3.02. The van der Waals surface area contributed by atoms with Crippen LogP contribution in [0.3, 0.4) is 0 Å². The first-order valence-corrected chi connectivity index (χ1v) is 6.79. The molecule has 0 fully saturated rings. The fourth-order valence-electron chi connectivity index (χ4n) is 2.29. The van der Waals surface area contributed by atoms with Crippen molar-refractivity contribution in [3.63, 3.8) is 0 Å². The number of ketones is 1. The van der Waals surface area contributed by atoms with Crippen molar-refractivity contribution in [1.29, 1.82) is 0 Å². The number of hydrogen-bond acceptors (Lipinski definition) is 2. The molecule has 0 heterocycles.